The molecule has 0 atom stereocenters. The molecular formula is C15H23N3O3. The number of furan rings is 1. The van der Waals surface area contributed by atoms with Crippen molar-refractivity contribution in [1.29, 1.82) is 0 Å². The van der Waals surface area contributed by atoms with E-state index in [0.29, 0.717) is 26.2 Å². The number of nitrogens with one attached hydrogen (secondary N) is 1. The minimum absolute atomic E-state index is 0.0185. The first-order valence-corrected chi connectivity index (χ1v) is 7.36. The van der Waals surface area contributed by atoms with Gasteiger partial charge >= 0.3 is 0 Å². The van der Waals surface area contributed by atoms with E-state index in [-0.39, 0.29) is 17.7 Å². The lowest BCUT2D eigenvalue weighted by molar-refractivity contribution is -0.136. The molecule has 1 aromatic rings. The molecule has 0 aromatic carbocycles. The van der Waals surface area contributed by atoms with Crippen LogP contribution in [-0.4, -0.2) is 54.3 Å². The number of nitrogens with zero attached hydrogens (tertiary/aromatic N) is 2. The Morgan fingerprint density at radius 3 is 2.57 bits per heavy atom. The third-order valence-electron chi connectivity index (χ3n) is 3.58. The van der Waals surface area contributed by atoms with E-state index < -0.39 is 0 Å². The smallest absolute Gasteiger partial charge is 0.234 e. The summed E-state index contributed by atoms with van der Waals surface area (Å²) in [5, 5.41) is 2.83. The van der Waals surface area contributed by atoms with Crippen molar-refractivity contribution in [2.24, 2.45) is 5.92 Å². The van der Waals surface area contributed by atoms with Gasteiger partial charge in [0.25, 0.3) is 0 Å². The molecule has 1 saturated heterocycles. The molecule has 1 fully saturated rings. The van der Waals surface area contributed by atoms with Crippen LogP contribution in [-0.2, 0) is 16.1 Å². The zero-order valence-corrected chi connectivity index (χ0v) is 12.7. The fraction of sp³-hybridized carbons (Fsp3) is 0.600. The van der Waals surface area contributed by atoms with Crippen molar-refractivity contribution in [2.45, 2.75) is 20.4 Å². The van der Waals surface area contributed by atoms with E-state index in [0.717, 1.165) is 18.8 Å². The third kappa shape index (κ3) is 4.60. The van der Waals surface area contributed by atoms with Crippen molar-refractivity contribution in [3.63, 3.8) is 0 Å². The van der Waals surface area contributed by atoms with Gasteiger partial charge in [0.2, 0.25) is 11.8 Å². The number of piperazine rings is 1. The molecule has 0 radical (unpaired) electrons. The van der Waals surface area contributed by atoms with Crippen molar-refractivity contribution in [3.8, 4) is 0 Å². The first-order valence-electron chi connectivity index (χ1n) is 7.36. The molecule has 21 heavy (non-hydrogen) atoms. The summed E-state index contributed by atoms with van der Waals surface area (Å²) in [6, 6.07) is 3.63. The third-order valence-corrected chi connectivity index (χ3v) is 3.58. The van der Waals surface area contributed by atoms with Crippen molar-refractivity contribution in [2.75, 3.05) is 32.7 Å². The molecule has 2 rings (SSSR count). The average Bonchev–Trinajstić information content (AvgIpc) is 2.98. The summed E-state index contributed by atoms with van der Waals surface area (Å²) in [7, 11) is 0. The van der Waals surface area contributed by atoms with E-state index in [1.807, 2.05) is 24.8 Å². The van der Waals surface area contributed by atoms with Gasteiger partial charge in [-0.05, 0) is 12.1 Å². The van der Waals surface area contributed by atoms with Crippen LogP contribution in [0.2, 0.25) is 0 Å². The fourth-order valence-electron chi connectivity index (χ4n) is 2.35. The Balaban J connectivity index is 1.68. The summed E-state index contributed by atoms with van der Waals surface area (Å²) in [5.41, 5.74) is 0. The summed E-state index contributed by atoms with van der Waals surface area (Å²) in [5.74, 6) is 0.954. The largest absolute Gasteiger partial charge is 0.467 e. The van der Waals surface area contributed by atoms with Crippen LogP contribution in [0.4, 0.5) is 0 Å². The highest BCUT2D eigenvalue weighted by molar-refractivity contribution is 5.79. The summed E-state index contributed by atoms with van der Waals surface area (Å²) in [6.07, 6.45) is 1.59. The highest BCUT2D eigenvalue weighted by atomic mass is 16.3. The number of hydrogen-bond acceptors (Lipinski definition) is 4. The van der Waals surface area contributed by atoms with Gasteiger partial charge in [-0.15, -0.1) is 0 Å². The van der Waals surface area contributed by atoms with Crippen LogP contribution in [0.25, 0.3) is 0 Å². The second-order valence-corrected chi connectivity index (χ2v) is 5.61. The molecule has 1 aliphatic heterocycles. The number of amides is 2. The monoisotopic (exact) mass is 293 g/mol. The molecule has 6 nitrogen and oxygen atoms in total. The molecular weight excluding hydrogens is 270 g/mol. The molecule has 0 saturated carbocycles. The fourth-order valence-corrected chi connectivity index (χ4v) is 2.35. The Hall–Kier alpha value is -1.82. The van der Waals surface area contributed by atoms with Gasteiger partial charge in [-0.3, -0.25) is 14.5 Å². The molecule has 0 unspecified atom stereocenters. The zero-order valence-electron chi connectivity index (χ0n) is 12.7. The average molecular weight is 293 g/mol. The molecule has 1 N–H and O–H groups in total. The quantitative estimate of drug-likeness (QED) is 0.868. The van der Waals surface area contributed by atoms with Crippen LogP contribution in [0.1, 0.15) is 19.6 Å². The summed E-state index contributed by atoms with van der Waals surface area (Å²) in [6.45, 7) is 7.49. The molecule has 1 aromatic heterocycles. The Kier molecular flexibility index (Phi) is 5.38. The lowest BCUT2D eigenvalue weighted by Crippen LogP contribution is -2.51. The lowest BCUT2D eigenvalue weighted by atomic mass is 10.1. The van der Waals surface area contributed by atoms with Gasteiger partial charge in [-0.25, -0.2) is 0 Å². The van der Waals surface area contributed by atoms with Crippen LogP contribution in [0.3, 0.4) is 0 Å². The van der Waals surface area contributed by atoms with E-state index in [1.165, 1.54) is 0 Å². The van der Waals surface area contributed by atoms with Gasteiger partial charge in [0, 0.05) is 32.1 Å². The molecule has 116 valence electrons. The van der Waals surface area contributed by atoms with Gasteiger partial charge in [-0.2, -0.15) is 0 Å². The predicted molar refractivity (Wildman–Crippen MR) is 78.4 cm³/mol. The first kappa shape index (κ1) is 15.6. The van der Waals surface area contributed by atoms with Gasteiger partial charge in [0.1, 0.15) is 5.76 Å². The van der Waals surface area contributed by atoms with Crippen LogP contribution < -0.4 is 5.32 Å². The highest BCUT2D eigenvalue weighted by Gasteiger charge is 2.23. The molecule has 2 heterocycles. The Bertz CT molecular complexity index is 463. The summed E-state index contributed by atoms with van der Waals surface area (Å²) in [4.78, 5) is 27.7. The predicted octanol–water partition coefficient (Wildman–Crippen LogP) is 0.696. The maximum atomic E-state index is 11.9. The van der Waals surface area contributed by atoms with Crippen LogP contribution in [0.15, 0.2) is 22.8 Å². The second kappa shape index (κ2) is 7.26. The van der Waals surface area contributed by atoms with Crippen molar-refractivity contribution < 1.29 is 14.0 Å². The van der Waals surface area contributed by atoms with Gasteiger partial charge in [0.05, 0.1) is 19.4 Å². The Labute approximate surface area is 125 Å². The SMILES string of the molecule is CC(C)C(=O)N1CCN(CC(=O)NCc2ccco2)CC1. The Morgan fingerprint density at radius 1 is 1.29 bits per heavy atom. The van der Waals surface area contributed by atoms with E-state index in [4.69, 9.17) is 4.42 Å². The summed E-state index contributed by atoms with van der Waals surface area (Å²) < 4.78 is 5.16. The highest BCUT2D eigenvalue weighted by Crippen LogP contribution is 2.07. The van der Waals surface area contributed by atoms with Crippen LogP contribution in [0.5, 0.6) is 0 Å². The van der Waals surface area contributed by atoms with E-state index in [2.05, 4.69) is 10.2 Å². The van der Waals surface area contributed by atoms with Crippen LogP contribution in [0, 0.1) is 5.92 Å². The van der Waals surface area contributed by atoms with Gasteiger partial charge in [-0.1, -0.05) is 13.8 Å². The molecule has 1 aliphatic rings. The summed E-state index contributed by atoms with van der Waals surface area (Å²) >= 11 is 0. The van der Waals surface area contributed by atoms with Crippen molar-refractivity contribution >= 4 is 11.8 Å². The molecule has 2 amide bonds. The minimum atomic E-state index is -0.0185. The number of carbonyl (C=O) groups is 2. The number of hydrogen-bond donors (Lipinski definition) is 1. The normalized spacial score (nSPS) is 16.2. The van der Waals surface area contributed by atoms with E-state index in [1.54, 1.807) is 12.3 Å². The minimum Gasteiger partial charge on any atom is -0.467 e. The van der Waals surface area contributed by atoms with Gasteiger partial charge < -0.3 is 14.6 Å². The van der Waals surface area contributed by atoms with E-state index in [9.17, 15) is 9.59 Å². The first-order chi connectivity index (χ1) is 10.1. The second-order valence-electron chi connectivity index (χ2n) is 5.61. The number of rotatable bonds is 5. The van der Waals surface area contributed by atoms with E-state index >= 15 is 0 Å². The molecule has 0 bridgehead atoms. The lowest BCUT2D eigenvalue weighted by Gasteiger charge is -2.35. The molecule has 0 aliphatic carbocycles. The maximum Gasteiger partial charge on any atom is 0.234 e. The number of carbonyl (C=O) groups excluding carboxylic acids is 2. The molecule has 6 heteroatoms. The molecule has 0 spiro atoms. The standard InChI is InChI=1S/C15H23N3O3/c1-12(2)15(20)18-7-5-17(6-8-18)11-14(19)16-10-13-4-3-9-21-13/h3-4,9,12H,5-8,10-11H2,1-2H3,(H,16,19). The van der Waals surface area contributed by atoms with Crippen molar-refractivity contribution in [1.82, 2.24) is 15.1 Å². The van der Waals surface area contributed by atoms with Gasteiger partial charge in [0.15, 0.2) is 0 Å². The van der Waals surface area contributed by atoms with Crippen LogP contribution >= 0.6 is 0 Å². The van der Waals surface area contributed by atoms with Crippen molar-refractivity contribution in [3.05, 3.63) is 24.2 Å². The topological polar surface area (TPSA) is 65.8 Å². The zero-order chi connectivity index (χ0) is 15.2. The Morgan fingerprint density at radius 2 is 2.00 bits per heavy atom. The maximum absolute atomic E-state index is 11.9.